The third kappa shape index (κ3) is 4.74. The highest BCUT2D eigenvalue weighted by atomic mass is 35.5. The summed E-state index contributed by atoms with van der Waals surface area (Å²) in [5, 5.41) is -0.693. The standard InChI is InChI=1S/C18H10ClF6N3O3/c1-30-16-9(3-2-6-26-16)14-27-13(18(23,24)25)12(15(29)28-14)31-8-4-5-11(19)10(7-8)17(20,21)22/h2-7H,1H3,(H,27,28,29). The average molecular weight is 466 g/mol. The van der Waals surface area contributed by atoms with Crippen molar-refractivity contribution in [2.75, 3.05) is 7.11 Å². The first kappa shape index (κ1) is 22.4. The first-order valence-corrected chi connectivity index (χ1v) is 8.55. The fourth-order valence-corrected chi connectivity index (χ4v) is 2.74. The Kier molecular flexibility index (Phi) is 5.85. The van der Waals surface area contributed by atoms with E-state index < -0.39 is 51.5 Å². The lowest BCUT2D eigenvalue weighted by atomic mass is 10.2. The van der Waals surface area contributed by atoms with E-state index in [2.05, 4.69) is 15.0 Å². The summed E-state index contributed by atoms with van der Waals surface area (Å²) >= 11 is 5.48. The fourth-order valence-electron chi connectivity index (χ4n) is 2.51. The summed E-state index contributed by atoms with van der Waals surface area (Å²) < 4.78 is 89.6. The van der Waals surface area contributed by atoms with Gasteiger partial charge in [0.25, 0.3) is 5.56 Å². The van der Waals surface area contributed by atoms with E-state index in [1.807, 2.05) is 0 Å². The Morgan fingerprint density at radius 1 is 1.06 bits per heavy atom. The van der Waals surface area contributed by atoms with Crippen LogP contribution in [-0.4, -0.2) is 22.1 Å². The van der Waals surface area contributed by atoms with Gasteiger partial charge in [-0.3, -0.25) is 4.79 Å². The van der Waals surface area contributed by atoms with Gasteiger partial charge in [-0.1, -0.05) is 11.6 Å². The molecule has 0 aliphatic heterocycles. The van der Waals surface area contributed by atoms with Crippen LogP contribution < -0.4 is 15.0 Å². The molecule has 0 bridgehead atoms. The first-order chi connectivity index (χ1) is 14.4. The number of methoxy groups -OCH3 is 1. The van der Waals surface area contributed by atoms with Crippen molar-refractivity contribution in [2.24, 2.45) is 0 Å². The zero-order chi connectivity index (χ0) is 23.0. The number of H-pyrrole nitrogens is 1. The number of benzene rings is 1. The molecule has 0 radical (unpaired) electrons. The van der Waals surface area contributed by atoms with Crippen molar-refractivity contribution < 1.29 is 35.8 Å². The van der Waals surface area contributed by atoms with Crippen LogP contribution in [0.2, 0.25) is 5.02 Å². The lowest BCUT2D eigenvalue weighted by Crippen LogP contribution is -2.21. The molecular weight excluding hydrogens is 456 g/mol. The molecule has 3 aromatic rings. The Balaban J connectivity index is 2.15. The molecule has 31 heavy (non-hydrogen) atoms. The van der Waals surface area contributed by atoms with Crippen LogP contribution in [0.4, 0.5) is 26.3 Å². The predicted octanol–water partition coefficient (Wildman–Crippen LogP) is 5.32. The molecule has 13 heteroatoms. The molecule has 164 valence electrons. The highest BCUT2D eigenvalue weighted by Gasteiger charge is 2.40. The molecule has 0 aliphatic carbocycles. The van der Waals surface area contributed by atoms with E-state index in [0.29, 0.717) is 6.07 Å². The van der Waals surface area contributed by atoms with Gasteiger partial charge >= 0.3 is 12.4 Å². The Morgan fingerprint density at radius 2 is 1.77 bits per heavy atom. The molecule has 0 amide bonds. The van der Waals surface area contributed by atoms with E-state index in [4.69, 9.17) is 21.1 Å². The van der Waals surface area contributed by atoms with Gasteiger partial charge in [0, 0.05) is 6.20 Å². The summed E-state index contributed by atoms with van der Waals surface area (Å²) in [6, 6.07) is 4.72. The minimum absolute atomic E-state index is 0.0509. The van der Waals surface area contributed by atoms with E-state index in [0.717, 1.165) is 12.1 Å². The molecule has 0 atom stereocenters. The van der Waals surface area contributed by atoms with E-state index in [1.165, 1.54) is 25.4 Å². The van der Waals surface area contributed by atoms with Gasteiger partial charge in [0.2, 0.25) is 11.6 Å². The SMILES string of the molecule is COc1ncccc1-c1nc(C(F)(F)F)c(Oc2ccc(Cl)c(C(F)(F)F)c2)c(=O)[nH]1. The van der Waals surface area contributed by atoms with Gasteiger partial charge in [-0.2, -0.15) is 26.3 Å². The van der Waals surface area contributed by atoms with Crippen LogP contribution in [0, 0.1) is 0 Å². The van der Waals surface area contributed by atoms with Crippen LogP contribution in [0.1, 0.15) is 11.3 Å². The van der Waals surface area contributed by atoms with Crippen molar-refractivity contribution >= 4 is 11.6 Å². The minimum Gasteiger partial charge on any atom is -0.480 e. The van der Waals surface area contributed by atoms with E-state index in [1.54, 1.807) is 0 Å². The lowest BCUT2D eigenvalue weighted by molar-refractivity contribution is -0.142. The third-order valence-corrected chi connectivity index (χ3v) is 4.16. The number of ether oxygens (including phenoxy) is 2. The molecule has 0 fully saturated rings. The second-order valence-electron chi connectivity index (χ2n) is 5.89. The first-order valence-electron chi connectivity index (χ1n) is 8.17. The summed E-state index contributed by atoms with van der Waals surface area (Å²) in [6.07, 6.45) is -8.76. The third-order valence-electron chi connectivity index (χ3n) is 3.83. The Hall–Kier alpha value is -3.28. The number of halogens is 7. The summed E-state index contributed by atoms with van der Waals surface area (Å²) in [4.78, 5) is 21.7. The highest BCUT2D eigenvalue weighted by Crippen LogP contribution is 2.40. The second-order valence-corrected chi connectivity index (χ2v) is 6.30. The van der Waals surface area contributed by atoms with Crippen LogP contribution >= 0.6 is 11.6 Å². The maximum absolute atomic E-state index is 13.6. The van der Waals surface area contributed by atoms with Crippen molar-refractivity contribution in [3.63, 3.8) is 0 Å². The summed E-state index contributed by atoms with van der Waals surface area (Å²) in [7, 11) is 1.21. The van der Waals surface area contributed by atoms with Crippen molar-refractivity contribution in [2.45, 2.75) is 12.4 Å². The van der Waals surface area contributed by atoms with Gasteiger partial charge in [-0.25, -0.2) is 9.97 Å². The molecule has 0 saturated heterocycles. The second kappa shape index (κ2) is 8.10. The van der Waals surface area contributed by atoms with Gasteiger partial charge in [-0.15, -0.1) is 0 Å². The van der Waals surface area contributed by atoms with Gasteiger partial charge in [0.15, 0.2) is 5.69 Å². The molecule has 0 saturated carbocycles. The number of alkyl halides is 6. The Morgan fingerprint density at radius 3 is 2.39 bits per heavy atom. The van der Waals surface area contributed by atoms with Gasteiger partial charge in [-0.05, 0) is 30.3 Å². The molecule has 0 aliphatic rings. The normalized spacial score (nSPS) is 12.0. The Labute approximate surface area is 174 Å². The minimum atomic E-state index is -5.17. The molecule has 0 unspecified atom stereocenters. The van der Waals surface area contributed by atoms with Gasteiger partial charge in [0.1, 0.15) is 11.6 Å². The summed E-state index contributed by atoms with van der Waals surface area (Å²) in [6.45, 7) is 0. The molecule has 6 nitrogen and oxygen atoms in total. The molecule has 2 aromatic heterocycles. The number of nitrogens with one attached hydrogen (secondary N) is 1. The maximum Gasteiger partial charge on any atom is 0.437 e. The van der Waals surface area contributed by atoms with Crippen molar-refractivity contribution in [3.8, 4) is 28.8 Å². The number of nitrogens with zero attached hydrogens (tertiary/aromatic N) is 2. The van der Waals surface area contributed by atoms with Crippen LogP contribution in [0.5, 0.6) is 17.4 Å². The number of aromatic nitrogens is 3. The molecule has 1 aromatic carbocycles. The lowest BCUT2D eigenvalue weighted by Gasteiger charge is -2.15. The molecule has 1 N–H and O–H groups in total. The zero-order valence-electron chi connectivity index (χ0n) is 15.2. The van der Waals surface area contributed by atoms with E-state index >= 15 is 0 Å². The quantitative estimate of drug-likeness (QED) is 0.527. The summed E-state index contributed by atoms with van der Waals surface area (Å²) in [5.74, 6) is -2.67. The topological polar surface area (TPSA) is 77.1 Å². The number of pyridine rings is 1. The molecule has 3 rings (SSSR count). The van der Waals surface area contributed by atoms with Gasteiger partial charge < -0.3 is 14.5 Å². The Bertz CT molecular complexity index is 1180. The molecule has 0 spiro atoms. The van der Waals surface area contributed by atoms with E-state index in [9.17, 15) is 31.1 Å². The monoisotopic (exact) mass is 465 g/mol. The van der Waals surface area contributed by atoms with Crippen molar-refractivity contribution in [3.05, 3.63) is 63.2 Å². The smallest absolute Gasteiger partial charge is 0.437 e. The number of hydrogen-bond acceptors (Lipinski definition) is 5. The van der Waals surface area contributed by atoms with Crippen LogP contribution in [0.15, 0.2) is 41.3 Å². The fraction of sp³-hybridized carbons (Fsp3) is 0.167. The van der Waals surface area contributed by atoms with Crippen LogP contribution in [0.25, 0.3) is 11.4 Å². The van der Waals surface area contributed by atoms with Crippen LogP contribution in [-0.2, 0) is 12.4 Å². The summed E-state index contributed by atoms with van der Waals surface area (Å²) in [5.41, 5.74) is -4.53. The number of aromatic amines is 1. The number of hydrogen-bond donors (Lipinski definition) is 1. The highest BCUT2D eigenvalue weighted by molar-refractivity contribution is 6.31. The zero-order valence-corrected chi connectivity index (χ0v) is 16.0. The average Bonchev–Trinajstić information content (AvgIpc) is 2.68. The van der Waals surface area contributed by atoms with E-state index in [-0.39, 0.29) is 11.4 Å². The van der Waals surface area contributed by atoms with Gasteiger partial charge in [0.05, 0.1) is 23.3 Å². The molecular formula is C18H10ClF6N3O3. The molecule has 2 heterocycles. The van der Waals surface area contributed by atoms with Crippen molar-refractivity contribution in [1.82, 2.24) is 15.0 Å². The van der Waals surface area contributed by atoms with Crippen molar-refractivity contribution in [1.29, 1.82) is 0 Å². The number of rotatable bonds is 4. The van der Waals surface area contributed by atoms with Crippen LogP contribution in [0.3, 0.4) is 0 Å². The largest absolute Gasteiger partial charge is 0.480 e. The maximum atomic E-state index is 13.6. The predicted molar refractivity (Wildman–Crippen MR) is 96.2 cm³/mol.